The molecule has 0 aromatic heterocycles. The van der Waals surface area contributed by atoms with Crippen molar-refractivity contribution in [2.75, 3.05) is 12.4 Å². The minimum Gasteiger partial charge on any atom is -0.323 e. The summed E-state index contributed by atoms with van der Waals surface area (Å²) in [5.41, 5.74) is 3.38. The summed E-state index contributed by atoms with van der Waals surface area (Å²) in [5, 5.41) is 2.88. The van der Waals surface area contributed by atoms with E-state index in [2.05, 4.69) is 50.4 Å². The maximum atomic E-state index is 12.2. The van der Waals surface area contributed by atoms with Crippen molar-refractivity contribution in [3.05, 3.63) is 65.7 Å². The average molecular weight is 296 g/mol. The Labute approximate surface area is 133 Å². The molecule has 0 aliphatic rings. The monoisotopic (exact) mass is 296 g/mol. The maximum absolute atomic E-state index is 12.2. The predicted molar refractivity (Wildman–Crippen MR) is 92.1 cm³/mol. The molecule has 2 aromatic carbocycles. The first kappa shape index (κ1) is 16.1. The van der Waals surface area contributed by atoms with Crippen molar-refractivity contribution in [1.29, 1.82) is 0 Å². The van der Waals surface area contributed by atoms with Gasteiger partial charge in [-0.25, -0.2) is 4.79 Å². The van der Waals surface area contributed by atoms with E-state index in [1.807, 2.05) is 30.3 Å². The third-order valence-corrected chi connectivity index (χ3v) is 3.61. The first-order valence-corrected chi connectivity index (χ1v) is 7.53. The lowest BCUT2D eigenvalue weighted by Crippen LogP contribution is -2.30. The number of para-hydroxylation sites is 1. The molecule has 0 aliphatic heterocycles. The molecule has 2 amide bonds. The van der Waals surface area contributed by atoms with E-state index in [0.717, 1.165) is 11.3 Å². The summed E-state index contributed by atoms with van der Waals surface area (Å²) < 4.78 is 0. The lowest BCUT2D eigenvalue weighted by molar-refractivity contribution is 0.220. The minimum absolute atomic E-state index is 0.105. The summed E-state index contributed by atoms with van der Waals surface area (Å²) in [6, 6.07) is 17.8. The van der Waals surface area contributed by atoms with Crippen molar-refractivity contribution in [3.63, 3.8) is 0 Å². The summed E-state index contributed by atoms with van der Waals surface area (Å²) in [6.45, 7) is 7.17. The number of benzene rings is 2. The van der Waals surface area contributed by atoms with Crippen LogP contribution < -0.4 is 5.32 Å². The van der Waals surface area contributed by atoms with Crippen LogP contribution >= 0.6 is 0 Å². The summed E-state index contributed by atoms with van der Waals surface area (Å²) >= 11 is 0. The van der Waals surface area contributed by atoms with Crippen LogP contribution in [0.2, 0.25) is 0 Å². The molecule has 0 bridgehead atoms. The van der Waals surface area contributed by atoms with Gasteiger partial charge in [0.15, 0.2) is 0 Å². The molecule has 116 valence electrons. The fourth-order valence-electron chi connectivity index (χ4n) is 2.20. The van der Waals surface area contributed by atoms with Gasteiger partial charge in [-0.05, 0) is 28.7 Å². The van der Waals surface area contributed by atoms with Crippen LogP contribution in [0.5, 0.6) is 0 Å². The van der Waals surface area contributed by atoms with E-state index in [4.69, 9.17) is 0 Å². The van der Waals surface area contributed by atoms with E-state index in [0.29, 0.717) is 6.54 Å². The second kappa shape index (κ2) is 6.65. The van der Waals surface area contributed by atoms with Gasteiger partial charge in [0, 0.05) is 19.3 Å². The Balaban J connectivity index is 1.96. The van der Waals surface area contributed by atoms with Gasteiger partial charge in [0.1, 0.15) is 0 Å². The van der Waals surface area contributed by atoms with Gasteiger partial charge in [-0.2, -0.15) is 0 Å². The fraction of sp³-hybridized carbons (Fsp3) is 0.316. The molecular formula is C19H24N2O. The van der Waals surface area contributed by atoms with Crippen LogP contribution in [0.4, 0.5) is 10.5 Å². The Kier molecular flexibility index (Phi) is 4.86. The van der Waals surface area contributed by atoms with E-state index in [9.17, 15) is 4.79 Å². The number of nitrogens with one attached hydrogen (secondary N) is 1. The van der Waals surface area contributed by atoms with Crippen molar-refractivity contribution in [1.82, 2.24) is 4.90 Å². The van der Waals surface area contributed by atoms with E-state index in [1.54, 1.807) is 11.9 Å². The molecule has 3 heteroatoms. The van der Waals surface area contributed by atoms with Crippen LogP contribution in [-0.2, 0) is 12.0 Å². The summed E-state index contributed by atoms with van der Waals surface area (Å²) in [4.78, 5) is 13.8. The molecule has 2 aromatic rings. The molecule has 0 unspecified atom stereocenters. The quantitative estimate of drug-likeness (QED) is 0.878. The number of carbonyl (C=O) groups is 1. The van der Waals surface area contributed by atoms with Gasteiger partial charge in [-0.15, -0.1) is 0 Å². The van der Waals surface area contributed by atoms with Gasteiger partial charge in [0.25, 0.3) is 0 Å². The Morgan fingerprint density at radius 1 is 1.00 bits per heavy atom. The fourth-order valence-corrected chi connectivity index (χ4v) is 2.20. The Hall–Kier alpha value is -2.29. The van der Waals surface area contributed by atoms with Crippen molar-refractivity contribution in [2.24, 2.45) is 0 Å². The van der Waals surface area contributed by atoms with Crippen LogP contribution in [-0.4, -0.2) is 18.0 Å². The molecular weight excluding hydrogens is 272 g/mol. The second-order valence-corrected chi connectivity index (χ2v) is 6.60. The van der Waals surface area contributed by atoms with Crippen LogP contribution in [0, 0.1) is 0 Å². The van der Waals surface area contributed by atoms with Crippen molar-refractivity contribution >= 4 is 11.7 Å². The van der Waals surface area contributed by atoms with Crippen molar-refractivity contribution in [2.45, 2.75) is 32.7 Å². The molecule has 3 nitrogen and oxygen atoms in total. The lowest BCUT2D eigenvalue weighted by atomic mass is 9.87. The number of rotatable bonds is 3. The zero-order valence-electron chi connectivity index (χ0n) is 13.8. The SMILES string of the molecule is CN(Cc1ccc(C(C)(C)C)cc1)C(=O)Nc1ccccc1. The molecule has 22 heavy (non-hydrogen) atoms. The van der Waals surface area contributed by atoms with E-state index >= 15 is 0 Å². The molecule has 0 saturated heterocycles. The average Bonchev–Trinajstić information content (AvgIpc) is 2.48. The van der Waals surface area contributed by atoms with Gasteiger partial charge in [0.2, 0.25) is 0 Å². The molecule has 0 heterocycles. The molecule has 0 atom stereocenters. The highest BCUT2D eigenvalue weighted by molar-refractivity contribution is 5.89. The lowest BCUT2D eigenvalue weighted by Gasteiger charge is -2.21. The molecule has 0 fully saturated rings. The van der Waals surface area contributed by atoms with Crippen molar-refractivity contribution in [3.8, 4) is 0 Å². The number of anilines is 1. The third kappa shape index (κ3) is 4.35. The second-order valence-electron chi connectivity index (χ2n) is 6.60. The highest BCUT2D eigenvalue weighted by Crippen LogP contribution is 2.22. The Bertz CT molecular complexity index is 612. The number of hydrogen-bond acceptors (Lipinski definition) is 1. The standard InChI is InChI=1S/C19H24N2O/c1-19(2,3)16-12-10-15(11-13-16)14-21(4)18(22)20-17-8-6-5-7-9-17/h5-13H,14H2,1-4H3,(H,20,22). The largest absolute Gasteiger partial charge is 0.323 e. The zero-order valence-corrected chi connectivity index (χ0v) is 13.8. The van der Waals surface area contributed by atoms with E-state index in [1.165, 1.54) is 5.56 Å². The minimum atomic E-state index is -0.105. The van der Waals surface area contributed by atoms with Gasteiger partial charge in [0.05, 0.1) is 0 Å². The van der Waals surface area contributed by atoms with Gasteiger partial charge in [-0.1, -0.05) is 63.2 Å². The van der Waals surface area contributed by atoms with Crippen LogP contribution in [0.3, 0.4) is 0 Å². The molecule has 0 spiro atoms. The van der Waals surface area contributed by atoms with Gasteiger partial charge >= 0.3 is 6.03 Å². The highest BCUT2D eigenvalue weighted by Gasteiger charge is 2.14. The molecule has 1 N–H and O–H groups in total. The number of amides is 2. The first-order chi connectivity index (χ1) is 10.4. The van der Waals surface area contributed by atoms with Crippen LogP contribution in [0.1, 0.15) is 31.9 Å². The molecule has 0 saturated carbocycles. The third-order valence-electron chi connectivity index (χ3n) is 3.61. The number of carbonyl (C=O) groups excluding carboxylic acids is 1. The highest BCUT2D eigenvalue weighted by atomic mass is 16.2. The number of nitrogens with zero attached hydrogens (tertiary/aromatic N) is 1. The normalized spacial score (nSPS) is 11.1. The zero-order chi connectivity index (χ0) is 16.2. The Morgan fingerprint density at radius 3 is 2.14 bits per heavy atom. The first-order valence-electron chi connectivity index (χ1n) is 7.53. The van der Waals surface area contributed by atoms with Crippen molar-refractivity contribution < 1.29 is 4.79 Å². The molecule has 0 radical (unpaired) electrons. The van der Waals surface area contributed by atoms with E-state index in [-0.39, 0.29) is 11.4 Å². The topological polar surface area (TPSA) is 32.3 Å². The summed E-state index contributed by atoms with van der Waals surface area (Å²) in [5.74, 6) is 0. The predicted octanol–water partition coefficient (Wildman–Crippen LogP) is 4.65. The summed E-state index contributed by atoms with van der Waals surface area (Å²) in [7, 11) is 1.80. The summed E-state index contributed by atoms with van der Waals surface area (Å²) in [6.07, 6.45) is 0. The molecule has 2 rings (SSSR count). The van der Waals surface area contributed by atoms with Gasteiger partial charge < -0.3 is 10.2 Å². The van der Waals surface area contributed by atoms with Gasteiger partial charge in [-0.3, -0.25) is 0 Å². The van der Waals surface area contributed by atoms with E-state index < -0.39 is 0 Å². The Morgan fingerprint density at radius 2 is 1.59 bits per heavy atom. The smallest absolute Gasteiger partial charge is 0.321 e. The maximum Gasteiger partial charge on any atom is 0.321 e. The van der Waals surface area contributed by atoms with Crippen LogP contribution in [0.15, 0.2) is 54.6 Å². The molecule has 0 aliphatic carbocycles. The number of urea groups is 1. The number of hydrogen-bond donors (Lipinski definition) is 1. The van der Waals surface area contributed by atoms with Crippen LogP contribution in [0.25, 0.3) is 0 Å².